The molecule has 0 saturated carbocycles. The fraction of sp³-hybridized carbons (Fsp3) is 0.188. The lowest BCUT2D eigenvalue weighted by atomic mass is 10.3. The van der Waals surface area contributed by atoms with Crippen LogP contribution in [0.2, 0.25) is 0 Å². The molecule has 23 heavy (non-hydrogen) atoms. The first-order valence-electron chi connectivity index (χ1n) is 7.03. The van der Waals surface area contributed by atoms with Crippen LogP contribution in [-0.2, 0) is 6.54 Å². The maximum absolute atomic E-state index is 12.9. The first-order chi connectivity index (χ1) is 11.1. The summed E-state index contributed by atoms with van der Waals surface area (Å²) in [6, 6.07) is 7.41. The summed E-state index contributed by atoms with van der Waals surface area (Å²) in [7, 11) is 0. The Hall–Kier alpha value is -2.54. The van der Waals surface area contributed by atoms with Crippen molar-refractivity contribution in [2.75, 3.05) is 5.32 Å². The first kappa shape index (κ1) is 15.4. The van der Waals surface area contributed by atoms with Crippen LogP contribution >= 0.6 is 11.3 Å². The van der Waals surface area contributed by atoms with E-state index in [9.17, 15) is 4.39 Å². The third kappa shape index (κ3) is 4.01. The highest BCUT2D eigenvalue weighted by Gasteiger charge is 2.06. The van der Waals surface area contributed by atoms with E-state index < -0.39 is 0 Å². The average Bonchev–Trinajstić information content (AvgIpc) is 2.86. The Morgan fingerprint density at radius 2 is 1.91 bits per heavy atom. The van der Waals surface area contributed by atoms with E-state index in [1.54, 1.807) is 35.7 Å². The van der Waals surface area contributed by atoms with Crippen LogP contribution in [0.15, 0.2) is 36.5 Å². The second-order valence-corrected chi connectivity index (χ2v) is 6.27. The van der Waals surface area contributed by atoms with Gasteiger partial charge < -0.3 is 10.1 Å². The topological polar surface area (TPSA) is 59.9 Å². The predicted molar refractivity (Wildman–Crippen MR) is 87.4 cm³/mol. The van der Waals surface area contributed by atoms with E-state index in [1.165, 1.54) is 17.0 Å². The number of anilines is 1. The molecule has 118 valence electrons. The summed E-state index contributed by atoms with van der Waals surface area (Å²) in [4.78, 5) is 14.1. The SMILES string of the molecule is Cc1nc(CNc2nccc(Oc3ccc(F)cc3)n2)c(C)s1. The van der Waals surface area contributed by atoms with Crippen LogP contribution in [0.1, 0.15) is 15.6 Å². The fourth-order valence-electron chi connectivity index (χ4n) is 2.01. The summed E-state index contributed by atoms with van der Waals surface area (Å²) in [5.74, 6) is 1.05. The third-order valence-electron chi connectivity index (χ3n) is 3.08. The van der Waals surface area contributed by atoms with E-state index >= 15 is 0 Å². The van der Waals surface area contributed by atoms with Crippen molar-refractivity contribution in [2.45, 2.75) is 20.4 Å². The second-order valence-electron chi connectivity index (χ2n) is 4.86. The number of aryl methyl sites for hydroxylation is 2. The number of halogens is 1. The molecule has 0 saturated heterocycles. The molecule has 2 heterocycles. The number of thiazole rings is 1. The molecule has 5 nitrogen and oxygen atoms in total. The summed E-state index contributed by atoms with van der Waals surface area (Å²) in [6.07, 6.45) is 1.60. The second kappa shape index (κ2) is 6.70. The third-order valence-corrected chi connectivity index (χ3v) is 4.01. The minimum absolute atomic E-state index is 0.309. The number of rotatable bonds is 5. The summed E-state index contributed by atoms with van der Waals surface area (Å²) in [5, 5.41) is 4.17. The zero-order chi connectivity index (χ0) is 16.2. The highest BCUT2D eigenvalue weighted by molar-refractivity contribution is 7.11. The minimum Gasteiger partial charge on any atom is -0.439 e. The van der Waals surface area contributed by atoms with Crippen LogP contribution in [0.4, 0.5) is 10.3 Å². The zero-order valence-electron chi connectivity index (χ0n) is 12.7. The van der Waals surface area contributed by atoms with Gasteiger partial charge in [0.15, 0.2) is 0 Å². The molecule has 3 rings (SSSR count). The molecule has 0 unspecified atom stereocenters. The Kier molecular flexibility index (Phi) is 4.47. The quantitative estimate of drug-likeness (QED) is 0.763. The van der Waals surface area contributed by atoms with Crippen LogP contribution in [0.5, 0.6) is 11.6 Å². The van der Waals surface area contributed by atoms with Gasteiger partial charge in [0.1, 0.15) is 11.6 Å². The van der Waals surface area contributed by atoms with E-state index in [-0.39, 0.29) is 5.82 Å². The lowest BCUT2D eigenvalue weighted by Crippen LogP contribution is -2.05. The molecule has 3 aromatic rings. The maximum atomic E-state index is 12.9. The van der Waals surface area contributed by atoms with E-state index in [0.717, 1.165) is 10.7 Å². The summed E-state index contributed by atoms with van der Waals surface area (Å²) in [5.41, 5.74) is 0.987. The molecule has 0 bridgehead atoms. The molecule has 0 aliphatic heterocycles. The Morgan fingerprint density at radius 1 is 1.13 bits per heavy atom. The number of ether oxygens (including phenoxy) is 1. The smallest absolute Gasteiger partial charge is 0.226 e. The standard InChI is InChI=1S/C16H15FN4OS/c1-10-14(20-11(2)23-10)9-19-16-18-8-7-15(21-16)22-13-5-3-12(17)4-6-13/h3-8H,9H2,1-2H3,(H,18,19,21). The van der Waals surface area contributed by atoms with Gasteiger partial charge >= 0.3 is 0 Å². The van der Waals surface area contributed by atoms with Crippen molar-refractivity contribution in [3.8, 4) is 11.6 Å². The van der Waals surface area contributed by atoms with Gasteiger partial charge in [-0.1, -0.05) is 0 Å². The normalized spacial score (nSPS) is 10.6. The Bertz CT molecular complexity index is 804. The summed E-state index contributed by atoms with van der Waals surface area (Å²) in [6.45, 7) is 4.57. The molecule has 0 radical (unpaired) electrons. The van der Waals surface area contributed by atoms with Crippen molar-refractivity contribution in [1.82, 2.24) is 15.0 Å². The molecule has 2 aromatic heterocycles. The summed E-state index contributed by atoms with van der Waals surface area (Å²) >= 11 is 1.66. The average molecular weight is 330 g/mol. The Morgan fingerprint density at radius 3 is 2.61 bits per heavy atom. The van der Waals surface area contributed by atoms with Crippen molar-refractivity contribution in [1.29, 1.82) is 0 Å². The molecule has 0 aliphatic carbocycles. The molecule has 0 fully saturated rings. The predicted octanol–water partition coefficient (Wildman–Crippen LogP) is 4.09. The number of aromatic nitrogens is 3. The Balaban J connectivity index is 1.67. The van der Waals surface area contributed by atoms with Crippen molar-refractivity contribution in [3.63, 3.8) is 0 Å². The van der Waals surface area contributed by atoms with Crippen LogP contribution in [0.25, 0.3) is 0 Å². The number of benzene rings is 1. The molecule has 0 atom stereocenters. The van der Waals surface area contributed by atoms with Crippen molar-refractivity contribution < 1.29 is 9.13 Å². The molecule has 0 spiro atoms. The van der Waals surface area contributed by atoms with E-state index in [1.807, 2.05) is 13.8 Å². The molecule has 0 aliphatic rings. The van der Waals surface area contributed by atoms with Gasteiger partial charge in [0, 0.05) is 17.1 Å². The van der Waals surface area contributed by atoms with E-state index in [4.69, 9.17) is 4.74 Å². The number of hydrogen-bond donors (Lipinski definition) is 1. The maximum Gasteiger partial charge on any atom is 0.226 e. The van der Waals surface area contributed by atoms with Gasteiger partial charge in [0.25, 0.3) is 0 Å². The van der Waals surface area contributed by atoms with Gasteiger partial charge in [0.2, 0.25) is 11.8 Å². The largest absolute Gasteiger partial charge is 0.439 e. The molecular weight excluding hydrogens is 315 g/mol. The van der Waals surface area contributed by atoms with Gasteiger partial charge in [-0.3, -0.25) is 0 Å². The zero-order valence-corrected chi connectivity index (χ0v) is 13.5. The van der Waals surface area contributed by atoms with Crippen molar-refractivity contribution in [3.05, 3.63) is 57.9 Å². The number of nitrogens with one attached hydrogen (secondary N) is 1. The minimum atomic E-state index is -0.309. The van der Waals surface area contributed by atoms with E-state index in [2.05, 4.69) is 20.3 Å². The number of nitrogens with zero attached hydrogens (tertiary/aromatic N) is 3. The van der Waals surface area contributed by atoms with Gasteiger partial charge in [-0.25, -0.2) is 14.4 Å². The van der Waals surface area contributed by atoms with Gasteiger partial charge in [0.05, 0.1) is 17.2 Å². The highest BCUT2D eigenvalue weighted by Crippen LogP contribution is 2.21. The molecular formula is C16H15FN4OS. The van der Waals surface area contributed by atoms with Crippen molar-refractivity contribution >= 4 is 17.3 Å². The van der Waals surface area contributed by atoms with E-state index in [0.29, 0.717) is 24.1 Å². The van der Waals surface area contributed by atoms with Crippen molar-refractivity contribution in [2.24, 2.45) is 0 Å². The van der Waals surface area contributed by atoms with Gasteiger partial charge in [-0.15, -0.1) is 11.3 Å². The lowest BCUT2D eigenvalue weighted by Gasteiger charge is -2.07. The van der Waals surface area contributed by atoms with Crippen LogP contribution in [-0.4, -0.2) is 15.0 Å². The Labute approximate surface area is 137 Å². The van der Waals surface area contributed by atoms with Crippen LogP contribution < -0.4 is 10.1 Å². The van der Waals surface area contributed by atoms with Gasteiger partial charge in [-0.2, -0.15) is 4.98 Å². The molecule has 0 amide bonds. The highest BCUT2D eigenvalue weighted by atomic mass is 32.1. The van der Waals surface area contributed by atoms with Gasteiger partial charge in [-0.05, 0) is 38.1 Å². The first-order valence-corrected chi connectivity index (χ1v) is 7.85. The number of hydrogen-bond acceptors (Lipinski definition) is 6. The fourth-order valence-corrected chi connectivity index (χ4v) is 2.84. The summed E-state index contributed by atoms with van der Waals surface area (Å²) < 4.78 is 18.5. The monoisotopic (exact) mass is 330 g/mol. The van der Waals surface area contributed by atoms with Crippen LogP contribution in [0.3, 0.4) is 0 Å². The van der Waals surface area contributed by atoms with Crippen LogP contribution in [0, 0.1) is 19.7 Å². The lowest BCUT2D eigenvalue weighted by molar-refractivity contribution is 0.460. The molecule has 7 heteroatoms. The molecule has 1 aromatic carbocycles. The molecule has 1 N–H and O–H groups in total.